The molecule has 0 amide bonds. The Kier molecular flexibility index (Phi) is 3.76. The van der Waals surface area contributed by atoms with Gasteiger partial charge in [-0.2, -0.15) is 0 Å². The summed E-state index contributed by atoms with van der Waals surface area (Å²) < 4.78 is 6.50. The van der Waals surface area contributed by atoms with E-state index in [1.54, 1.807) is 6.20 Å². The summed E-state index contributed by atoms with van der Waals surface area (Å²) in [5.41, 5.74) is 1.93. The lowest BCUT2D eigenvalue weighted by atomic mass is 10.2. The van der Waals surface area contributed by atoms with E-state index in [0.717, 1.165) is 15.6 Å². The van der Waals surface area contributed by atoms with E-state index in [4.69, 9.17) is 9.84 Å². The van der Waals surface area contributed by atoms with Crippen LogP contribution in [-0.4, -0.2) is 10.1 Å². The van der Waals surface area contributed by atoms with Crippen LogP contribution >= 0.6 is 15.9 Å². The van der Waals surface area contributed by atoms with Gasteiger partial charge in [-0.15, -0.1) is 0 Å². The summed E-state index contributed by atoms with van der Waals surface area (Å²) in [6.07, 6.45) is 1.71. The summed E-state index contributed by atoms with van der Waals surface area (Å²) >= 11 is 3.44. The summed E-state index contributed by atoms with van der Waals surface area (Å²) in [5.74, 6) is 1.24. The van der Waals surface area contributed by atoms with Crippen molar-refractivity contribution in [2.75, 3.05) is 0 Å². The molecule has 1 aromatic carbocycles. The lowest BCUT2D eigenvalue weighted by Crippen LogP contribution is -1.91. The quantitative estimate of drug-likeness (QED) is 0.943. The second-order valence-electron chi connectivity index (χ2n) is 3.65. The number of aromatic nitrogens is 1. The molecule has 2 rings (SSSR count). The monoisotopic (exact) mass is 293 g/mol. The summed E-state index contributed by atoms with van der Waals surface area (Å²) in [4.78, 5) is 4.16. The normalized spacial score (nSPS) is 10.3. The van der Waals surface area contributed by atoms with Crippen molar-refractivity contribution in [1.82, 2.24) is 4.98 Å². The second-order valence-corrected chi connectivity index (χ2v) is 4.44. The molecule has 0 aliphatic heterocycles. The first-order chi connectivity index (χ1) is 8.20. The first-order valence-corrected chi connectivity index (χ1v) is 5.99. The van der Waals surface area contributed by atoms with Gasteiger partial charge in [-0.05, 0) is 52.2 Å². The van der Waals surface area contributed by atoms with Crippen molar-refractivity contribution >= 4 is 15.9 Å². The van der Waals surface area contributed by atoms with Gasteiger partial charge in [0.2, 0.25) is 5.88 Å². The van der Waals surface area contributed by atoms with Crippen molar-refractivity contribution in [2.24, 2.45) is 0 Å². The number of nitrogens with zero attached hydrogens (tertiary/aromatic N) is 1. The van der Waals surface area contributed by atoms with Gasteiger partial charge in [0.1, 0.15) is 5.75 Å². The fraction of sp³-hybridized carbons (Fsp3) is 0.154. The Hall–Kier alpha value is -1.39. The van der Waals surface area contributed by atoms with Gasteiger partial charge < -0.3 is 9.84 Å². The summed E-state index contributed by atoms with van der Waals surface area (Å²) in [6.45, 7) is 2.01. The minimum Gasteiger partial charge on any atom is -0.438 e. The van der Waals surface area contributed by atoms with Gasteiger partial charge in [0, 0.05) is 6.20 Å². The van der Waals surface area contributed by atoms with E-state index in [0.29, 0.717) is 11.6 Å². The number of aliphatic hydroxyl groups excluding tert-OH is 1. The average Bonchev–Trinajstić information content (AvgIpc) is 2.36. The van der Waals surface area contributed by atoms with Crippen LogP contribution in [0.4, 0.5) is 0 Å². The molecule has 0 atom stereocenters. The minimum atomic E-state index is 0.0344. The van der Waals surface area contributed by atoms with Crippen LogP contribution in [0.5, 0.6) is 11.6 Å². The summed E-state index contributed by atoms with van der Waals surface area (Å²) in [7, 11) is 0. The highest BCUT2D eigenvalue weighted by atomic mass is 79.9. The standard InChI is InChI=1S/C13H12BrNO2/c1-9-6-7-15-13(12(9)14)17-11-4-2-10(8-16)3-5-11/h2-7,16H,8H2,1H3. The Bertz CT molecular complexity index is 511. The van der Waals surface area contributed by atoms with E-state index in [9.17, 15) is 0 Å². The molecule has 0 fully saturated rings. The third kappa shape index (κ3) is 2.84. The third-order valence-corrected chi connectivity index (χ3v) is 3.34. The number of pyridine rings is 1. The van der Waals surface area contributed by atoms with E-state index in [2.05, 4.69) is 20.9 Å². The molecule has 0 spiro atoms. The summed E-state index contributed by atoms with van der Waals surface area (Å²) in [6, 6.07) is 9.16. The van der Waals surface area contributed by atoms with Crippen LogP contribution in [0, 0.1) is 6.92 Å². The lowest BCUT2D eigenvalue weighted by Gasteiger charge is -2.08. The fourth-order valence-electron chi connectivity index (χ4n) is 1.36. The maximum absolute atomic E-state index is 8.94. The molecule has 0 saturated carbocycles. The van der Waals surface area contributed by atoms with Crippen molar-refractivity contribution < 1.29 is 9.84 Å². The maximum Gasteiger partial charge on any atom is 0.233 e. The molecule has 4 heteroatoms. The molecule has 0 aliphatic rings. The van der Waals surface area contributed by atoms with E-state index >= 15 is 0 Å². The maximum atomic E-state index is 8.94. The van der Waals surface area contributed by atoms with E-state index in [1.165, 1.54) is 0 Å². The highest BCUT2D eigenvalue weighted by Gasteiger charge is 2.06. The summed E-state index contributed by atoms with van der Waals surface area (Å²) in [5, 5.41) is 8.94. The first-order valence-electron chi connectivity index (χ1n) is 5.19. The van der Waals surface area contributed by atoms with E-state index in [1.807, 2.05) is 37.3 Å². The van der Waals surface area contributed by atoms with Crippen molar-refractivity contribution in [3.63, 3.8) is 0 Å². The Morgan fingerprint density at radius 3 is 2.59 bits per heavy atom. The van der Waals surface area contributed by atoms with Crippen molar-refractivity contribution in [2.45, 2.75) is 13.5 Å². The predicted octanol–water partition coefficient (Wildman–Crippen LogP) is 3.44. The molecule has 0 saturated heterocycles. The van der Waals surface area contributed by atoms with Crippen LogP contribution in [0.1, 0.15) is 11.1 Å². The second kappa shape index (κ2) is 5.29. The SMILES string of the molecule is Cc1ccnc(Oc2ccc(CO)cc2)c1Br. The number of benzene rings is 1. The Morgan fingerprint density at radius 2 is 1.94 bits per heavy atom. The van der Waals surface area contributed by atoms with Gasteiger partial charge >= 0.3 is 0 Å². The molecular weight excluding hydrogens is 282 g/mol. The molecule has 1 N–H and O–H groups in total. The number of halogens is 1. The highest BCUT2D eigenvalue weighted by molar-refractivity contribution is 9.10. The Balaban J connectivity index is 2.22. The molecule has 0 bridgehead atoms. The van der Waals surface area contributed by atoms with Gasteiger partial charge in [0.15, 0.2) is 0 Å². The van der Waals surface area contributed by atoms with Crippen LogP contribution in [0.25, 0.3) is 0 Å². The molecule has 2 aromatic rings. The fourth-order valence-corrected chi connectivity index (χ4v) is 1.68. The zero-order valence-corrected chi connectivity index (χ0v) is 10.9. The smallest absolute Gasteiger partial charge is 0.233 e. The molecular formula is C13H12BrNO2. The first kappa shape index (κ1) is 12.1. The van der Waals surface area contributed by atoms with Gasteiger partial charge in [0.05, 0.1) is 11.1 Å². The van der Waals surface area contributed by atoms with E-state index < -0.39 is 0 Å². The highest BCUT2D eigenvalue weighted by Crippen LogP contribution is 2.29. The number of aryl methyl sites for hydroxylation is 1. The van der Waals surface area contributed by atoms with Crippen LogP contribution < -0.4 is 4.74 Å². The molecule has 88 valence electrons. The number of aliphatic hydroxyl groups is 1. The zero-order chi connectivity index (χ0) is 12.3. The van der Waals surface area contributed by atoms with Crippen LogP contribution in [-0.2, 0) is 6.61 Å². The van der Waals surface area contributed by atoms with Crippen LogP contribution in [0.2, 0.25) is 0 Å². The number of hydrogen-bond donors (Lipinski definition) is 1. The zero-order valence-electron chi connectivity index (χ0n) is 9.35. The Labute approximate surface area is 108 Å². The van der Waals surface area contributed by atoms with Gasteiger partial charge in [-0.3, -0.25) is 0 Å². The lowest BCUT2D eigenvalue weighted by molar-refractivity contribution is 0.281. The average molecular weight is 294 g/mol. The number of rotatable bonds is 3. The molecule has 0 radical (unpaired) electrons. The van der Waals surface area contributed by atoms with Crippen molar-refractivity contribution in [1.29, 1.82) is 0 Å². The number of hydrogen-bond acceptors (Lipinski definition) is 3. The van der Waals surface area contributed by atoms with E-state index in [-0.39, 0.29) is 6.61 Å². The number of ether oxygens (including phenoxy) is 1. The Morgan fingerprint density at radius 1 is 1.24 bits per heavy atom. The topological polar surface area (TPSA) is 42.4 Å². The molecule has 0 aliphatic carbocycles. The van der Waals surface area contributed by atoms with Crippen molar-refractivity contribution in [3.8, 4) is 11.6 Å². The van der Waals surface area contributed by atoms with Gasteiger partial charge in [-0.1, -0.05) is 12.1 Å². The predicted molar refractivity (Wildman–Crippen MR) is 69.1 cm³/mol. The van der Waals surface area contributed by atoms with Crippen LogP contribution in [0.15, 0.2) is 41.0 Å². The molecule has 3 nitrogen and oxygen atoms in total. The van der Waals surface area contributed by atoms with Crippen molar-refractivity contribution in [3.05, 3.63) is 52.1 Å². The molecule has 0 unspecified atom stereocenters. The largest absolute Gasteiger partial charge is 0.438 e. The van der Waals surface area contributed by atoms with Gasteiger partial charge in [0.25, 0.3) is 0 Å². The van der Waals surface area contributed by atoms with Crippen LogP contribution in [0.3, 0.4) is 0 Å². The third-order valence-electron chi connectivity index (χ3n) is 2.37. The molecule has 17 heavy (non-hydrogen) atoms. The minimum absolute atomic E-state index is 0.0344. The molecule has 1 aromatic heterocycles. The van der Waals surface area contributed by atoms with Gasteiger partial charge in [-0.25, -0.2) is 4.98 Å². The molecule has 1 heterocycles.